The second-order valence-electron chi connectivity index (χ2n) is 9.82. The molecule has 1 aliphatic rings. The molecule has 3 aromatic rings. The number of nitrogen functional groups attached to an aromatic ring is 1. The lowest BCUT2D eigenvalue weighted by atomic mass is 10.1. The maximum Gasteiger partial charge on any atom is 0.323 e. The van der Waals surface area contributed by atoms with Crippen LogP contribution < -0.4 is 20.7 Å². The number of nitrogens with two attached hydrogens (primary N) is 1. The molecule has 0 saturated carbocycles. The molecule has 0 radical (unpaired) electrons. The number of nitrogens with zero attached hydrogens (tertiary/aromatic N) is 4. The standard InChI is InChI=1S/C26H36N7O5PS/c1-6-12-28-22-21-23(31-26(27)30-22)33(15-29-21)24-17(4)13-20(37-24)14-35-39(40,38-19-10-8-7-9-11-19)32-18(5)25(34)36-16(2)3/h6-11,15-18,20,24H,1,12-14H2,2-5H3,(H,32,40)(H3,27,28,30,31)/t17-,18?,20-,24+,39?/m0/s1. The molecule has 5 atom stereocenters. The summed E-state index contributed by atoms with van der Waals surface area (Å²) in [5, 5.41) is 6.21. The van der Waals surface area contributed by atoms with Crippen LogP contribution in [0.2, 0.25) is 0 Å². The number of hydrogen-bond donors (Lipinski definition) is 3. The molecule has 40 heavy (non-hydrogen) atoms. The molecule has 4 N–H and O–H groups in total. The van der Waals surface area contributed by atoms with Gasteiger partial charge in [0.1, 0.15) is 18.0 Å². The number of esters is 1. The third kappa shape index (κ3) is 7.35. The minimum Gasteiger partial charge on any atom is -0.462 e. The monoisotopic (exact) mass is 589 g/mol. The van der Waals surface area contributed by atoms with Crippen LogP contribution in [0, 0.1) is 5.92 Å². The summed E-state index contributed by atoms with van der Waals surface area (Å²) in [6.45, 7) is 8.53. The van der Waals surface area contributed by atoms with E-state index in [0.29, 0.717) is 35.7 Å². The first-order valence-electron chi connectivity index (χ1n) is 13.1. The van der Waals surface area contributed by atoms with Crippen LogP contribution in [-0.2, 0) is 30.6 Å². The molecule has 14 heteroatoms. The molecule has 0 bridgehead atoms. The van der Waals surface area contributed by atoms with E-state index in [1.54, 1.807) is 45.3 Å². The molecule has 0 spiro atoms. The van der Waals surface area contributed by atoms with E-state index in [0.717, 1.165) is 0 Å². The number of nitrogens with one attached hydrogen (secondary N) is 2. The van der Waals surface area contributed by atoms with Gasteiger partial charge in [0.2, 0.25) is 5.95 Å². The van der Waals surface area contributed by atoms with Crippen molar-refractivity contribution in [1.82, 2.24) is 24.6 Å². The van der Waals surface area contributed by atoms with Crippen LogP contribution in [0.5, 0.6) is 5.75 Å². The molecule has 216 valence electrons. The number of imidazole rings is 1. The second-order valence-corrected chi connectivity index (χ2v) is 13.0. The zero-order valence-corrected chi connectivity index (χ0v) is 24.7. The van der Waals surface area contributed by atoms with Crippen LogP contribution in [0.3, 0.4) is 0 Å². The van der Waals surface area contributed by atoms with Crippen LogP contribution in [0.1, 0.15) is 40.3 Å². The Bertz CT molecular complexity index is 1370. The van der Waals surface area contributed by atoms with Crippen molar-refractivity contribution in [2.45, 2.75) is 58.6 Å². The third-order valence-electron chi connectivity index (χ3n) is 6.04. The number of benzene rings is 1. The summed E-state index contributed by atoms with van der Waals surface area (Å²) in [7, 11) is 0. The summed E-state index contributed by atoms with van der Waals surface area (Å²) in [5.74, 6) is 0.852. The topological polar surface area (TPSA) is 148 Å². The number of fused-ring (bicyclic) bond motifs is 1. The van der Waals surface area contributed by atoms with Crippen molar-refractivity contribution in [3.8, 4) is 5.75 Å². The van der Waals surface area contributed by atoms with E-state index in [1.165, 1.54) is 0 Å². The number of carbonyl (C=O) groups is 1. The van der Waals surface area contributed by atoms with Gasteiger partial charge in [-0.25, -0.2) is 10.1 Å². The van der Waals surface area contributed by atoms with Gasteiger partial charge in [-0.3, -0.25) is 9.36 Å². The molecule has 1 saturated heterocycles. The van der Waals surface area contributed by atoms with E-state index in [-0.39, 0.29) is 36.9 Å². The fourth-order valence-electron chi connectivity index (χ4n) is 4.29. The van der Waals surface area contributed by atoms with Gasteiger partial charge in [-0.05, 0) is 51.1 Å². The number of anilines is 2. The number of ether oxygens (including phenoxy) is 2. The van der Waals surface area contributed by atoms with Crippen LogP contribution in [-0.4, -0.2) is 56.9 Å². The van der Waals surface area contributed by atoms with E-state index in [2.05, 4.69) is 38.9 Å². The van der Waals surface area contributed by atoms with Crippen molar-refractivity contribution in [2.24, 2.45) is 5.92 Å². The van der Waals surface area contributed by atoms with E-state index in [9.17, 15) is 4.79 Å². The number of hydrogen-bond acceptors (Lipinski definition) is 11. The van der Waals surface area contributed by atoms with E-state index < -0.39 is 18.7 Å². The maximum absolute atomic E-state index is 12.5. The SMILES string of the molecule is C=CCNc1nc(N)nc2c1ncn2[C@@H]1O[C@H](COP(=S)(NC(C)C(=O)OC(C)C)Oc2ccccc2)C[C@@H]1C. The zero-order valence-electron chi connectivity index (χ0n) is 23.0. The first-order valence-corrected chi connectivity index (χ1v) is 15.7. The Kier molecular flexibility index (Phi) is 9.75. The molecule has 3 heterocycles. The fraction of sp³-hybridized carbons (Fsp3) is 0.462. The minimum atomic E-state index is -3.18. The predicted octanol–water partition coefficient (Wildman–Crippen LogP) is 4.18. The van der Waals surface area contributed by atoms with E-state index in [1.807, 2.05) is 22.8 Å². The fourth-order valence-corrected chi connectivity index (χ4v) is 6.73. The highest BCUT2D eigenvalue weighted by Gasteiger charge is 2.37. The Hall–Kier alpha value is -3.09. The van der Waals surface area contributed by atoms with Gasteiger partial charge in [0.05, 0.1) is 25.1 Å². The van der Waals surface area contributed by atoms with Gasteiger partial charge in [-0.1, -0.05) is 31.2 Å². The third-order valence-corrected chi connectivity index (χ3v) is 8.54. The van der Waals surface area contributed by atoms with E-state index >= 15 is 0 Å². The first kappa shape index (κ1) is 29.9. The van der Waals surface area contributed by atoms with Crippen molar-refractivity contribution >= 4 is 47.3 Å². The molecular formula is C26H36N7O5PS. The molecule has 0 amide bonds. The molecule has 12 nitrogen and oxygen atoms in total. The average molecular weight is 590 g/mol. The van der Waals surface area contributed by atoms with Crippen molar-refractivity contribution in [3.05, 3.63) is 49.3 Å². The Morgan fingerprint density at radius 2 is 2.08 bits per heavy atom. The Balaban J connectivity index is 1.48. The molecule has 1 fully saturated rings. The van der Waals surface area contributed by atoms with Gasteiger partial charge in [0.15, 0.2) is 17.0 Å². The molecule has 1 aromatic carbocycles. The van der Waals surface area contributed by atoms with Crippen molar-refractivity contribution in [1.29, 1.82) is 0 Å². The number of carbonyl (C=O) groups excluding carboxylic acids is 1. The molecule has 2 aromatic heterocycles. The van der Waals surface area contributed by atoms with Gasteiger partial charge in [0.25, 0.3) is 0 Å². The Morgan fingerprint density at radius 3 is 2.77 bits per heavy atom. The molecule has 2 unspecified atom stereocenters. The summed E-state index contributed by atoms with van der Waals surface area (Å²) in [6.07, 6.45) is 3.18. The summed E-state index contributed by atoms with van der Waals surface area (Å²) in [5.41, 5.74) is 7.13. The van der Waals surface area contributed by atoms with Crippen LogP contribution in [0.15, 0.2) is 49.3 Å². The van der Waals surface area contributed by atoms with Gasteiger partial charge in [-0.15, -0.1) is 6.58 Å². The smallest absolute Gasteiger partial charge is 0.323 e. The summed E-state index contributed by atoms with van der Waals surface area (Å²) in [4.78, 5) is 25.7. The van der Waals surface area contributed by atoms with E-state index in [4.69, 9.17) is 36.1 Å². The molecular weight excluding hydrogens is 553 g/mol. The van der Waals surface area contributed by atoms with Crippen LogP contribution in [0.25, 0.3) is 11.2 Å². The highest BCUT2D eigenvalue weighted by Crippen LogP contribution is 2.47. The van der Waals surface area contributed by atoms with Crippen molar-refractivity contribution in [2.75, 3.05) is 24.2 Å². The van der Waals surface area contributed by atoms with Gasteiger partial charge in [0, 0.05) is 12.5 Å². The molecule has 1 aliphatic heterocycles. The largest absolute Gasteiger partial charge is 0.462 e. The van der Waals surface area contributed by atoms with Gasteiger partial charge in [-0.2, -0.15) is 9.97 Å². The normalized spacial score (nSPS) is 21.2. The lowest BCUT2D eigenvalue weighted by Crippen LogP contribution is -2.36. The maximum atomic E-state index is 12.5. The Morgan fingerprint density at radius 1 is 1.32 bits per heavy atom. The number of rotatable bonds is 13. The van der Waals surface area contributed by atoms with Crippen LogP contribution >= 0.6 is 6.64 Å². The highest BCUT2D eigenvalue weighted by atomic mass is 32.5. The highest BCUT2D eigenvalue weighted by molar-refractivity contribution is 8.09. The van der Waals surface area contributed by atoms with Crippen molar-refractivity contribution in [3.63, 3.8) is 0 Å². The minimum absolute atomic E-state index is 0.104. The van der Waals surface area contributed by atoms with Crippen LogP contribution in [0.4, 0.5) is 11.8 Å². The number of para-hydroxylation sites is 1. The van der Waals surface area contributed by atoms with Gasteiger partial charge < -0.3 is 29.6 Å². The quantitative estimate of drug-likeness (QED) is 0.149. The summed E-state index contributed by atoms with van der Waals surface area (Å²) in [6, 6.07) is 8.37. The Labute approximate surface area is 238 Å². The van der Waals surface area contributed by atoms with Crippen molar-refractivity contribution < 1.29 is 23.3 Å². The lowest BCUT2D eigenvalue weighted by molar-refractivity contribution is -0.149. The average Bonchev–Trinajstić information content (AvgIpc) is 3.48. The lowest BCUT2D eigenvalue weighted by Gasteiger charge is -2.27. The molecule has 0 aliphatic carbocycles. The predicted molar refractivity (Wildman–Crippen MR) is 157 cm³/mol. The number of aromatic nitrogens is 4. The summed E-state index contributed by atoms with van der Waals surface area (Å²) < 4.78 is 25.9. The van der Waals surface area contributed by atoms with Gasteiger partial charge >= 0.3 is 12.6 Å². The summed E-state index contributed by atoms with van der Waals surface area (Å²) >= 11 is 5.83. The zero-order chi connectivity index (χ0) is 28.9. The molecule has 4 rings (SSSR count). The first-order chi connectivity index (χ1) is 19.1. The second kappa shape index (κ2) is 13.0.